The van der Waals surface area contributed by atoms with Crippen LogP contribution >= 0.6 is 0 Å². The molecule has 5 nitrogen and oxygen atoms in total. The molecule has 3 aromatic rings. The third-order valence-corrected chi connectivity index (χ3v) is 5.09. The molecule has 26 heavy (non-hydrogen) atoms. The zero-order chi connectivity index (χ0) is 18.5. The van der Waals surface area contributed by atoms with Crippen molar-refractivity contribution in [3.8, 4) is 11.3 Å². The van der Waals surface area contributed by atoms with Crippen molar-refractivity contribution in [2.45, 2.75) is 24.3 Å². The molecule has 2 atom stereocenters. The number of aliphatic carboxylic acids is 1. The summed E-state index contributed by atoms with van der Waals surface area (Å²) in [6.07, 6.45) is -0.237. The van der Waals surface area contributed by atoms with Crippen molar-refractivity contribution in [2.75, 3.05) is 0 Å². The molecule has 3 rings (SSSR count). The van der Waals surface area contributed by atoms with Gasteiger partial charge in [-0.3, -0.25) is 4.79 Å². The van der Waals surface area contributed by atoms with Gasteiger partial charge in [0.2, 0.25) is 0 Å². The fraction of sp³-hybridized carbons (Fsp3) is 0.150. The van der Waals surface area contributed by atoms with Crippen LogP contribution < -0.4 is 4.72 Å². The minimum absolute atomic E-state index is 0.237. The normalized spacial score (nSPS) is 13.3. The Bertz CT molecular complexity index is 861. The van der Waals surface area contributed by atoms with Crippen molar-refractivity contribution in [2.24, 2.45) is 0 Å². The SMILES string of the molecule is Cc1ccc([S+]([O-])NC(CC(=O)O)c2ccc(-c3ccccc3)o2)cc1. The molecule has 0 saturated carbocycles. The predicted molar refractivity (Wildman–Crippen MR) is 99.9 cm³/mol. The summed E-state index contributed by atoms with van der Waals surface area (Å²) in [5.74, 6) is 0.0756. The van der Waals surface area contributed by atoms with E-state index < -0.39 is 23.4 Å². The van der Waals surface area contributed by atoms with E-state index in [-0.39, 0.29) is 6.42 Å². The maximum atomic E-state index is 12.6. The molecule has 0 bridgehead atoms. The molecule has 2 N–H and O–H groups in total. The van der Waals surface area contributed by atoms with Crippen LogP contribution in [0.1, 0.15) is 23.8 Å². The topological polar surface area (TPSA) is 85.5 Å². The number of nitrogens with one attached hydrogen (secondary N) is 1. The van der Waals surface area contributed by atoms with E-state index in [9.17, 15) is 14.5 Å². The van der Waals surface area contributed by atoms with E-state index >= 15 is 0 Å². The van der Waals surface area contributed by atoms with E-state index in [1.807, 2.05) is 49.4 Å². The minimum atomic E-state index is -1.55. The standard InChI is InChI=1S/C20H19NO4S/c1-14-7-9-16(10-8-14)26(24)21-17(13-20(22)23)19-12-11-18(25-19)15-5-3-2-4-6-15/h2-12,17,21H,13H2,1H3,(H,22,23). The molecular formula is C20H19NO4S. The summed E-state index contributed by atoms with van der Waals surface area (Å²) >= 11 is -1.55. The van der Waals surface area contributed by atoms with E-state index in [0.717, 1.165) is 11.1 Å². The first-order valence-electron chi connectivity index (χ1n) is 8.14. The van der Waals surface area contributed by atoms with Crippen LogP contribution in [0.5, 0.6) is 0 Å². The lowest BCUT2D eigenvalue weighted by atomic mass is 10.1. The number of rotatable bonds is 7. The van der Waals surface area contributed by atoms with Gasteiger partial charge in [-0.2, -0.15) is 0 Å². The van der Waals surface area contributed by atoms with Crippen LogP contribution in [0.2, 0.25) is 0 Å². The van der Waals surface area contributed by atoms with Crippen LogP contribution in [0.25, 0.3) is 11.3 Å². The summed E-state index contributed by atoms with van der Waals surface area (Å²) in [5.41, 5.74) is 1.96. The number of furan rings is 1. The highest BCUT2D eigenvalue weighted by Gasteiger charge is 2.26. The summed E-state index contributed by atoms with van der Waals surface area (Å²) in [4.78, 5) is 11.8. The zero-order valence-electron chi connectivity index (χ0n) is 14.2. The lowest BCUT2D eigenvalue weighted by molar-refractivity contribution is -0.137. The summed E-state index contributed by atoms with van der Waals surface area (Å²) in [6.45, 7) is 1.95. The second-order valence-electron chi connectivity index (χ2n) is 5.92. The first-order valence-corrected chi connectivity index (χ1v) is 9.29. The molecule has 2 unspecified atom stereocenters. The lowest BCUT2D eigenvalue weighted by Gasteiger charge is -2.17. The number of carboxylic acid groups (broad SMARTS) is 1. The smallest absolute Gasteiger partial charge is 0.305 e. The molecule has 1 heterocycles. The number of aryl methyl sites for hydroxylation is 1. The largest absolute Gasteiger partial charge is 0.593 e. The van der Waals surface area contributed by atoms with E-state index in [1.165, 1.54) is 0 Å². The van der Waals surface area contributed by atoms with Crippen molar-refractivity contribution in [1.29, 1.82) is 0 Å². The van der Waals surface area contributed by atoms with Gasteiger partial charge < -0.3 is 14.1 Å². The molecule has 0 spiro atoms. The maximum absolute atomic E-state index is 12.6. The Hall–Kier alpha value is -2.54. The molecule has 0 fully saturated rings. The Morgan fingerprint density at radius 2 is 1.81 bits per heavy atom. The van der Waals surface area contributed by atoms with Gasteiger partial charge in [-0.1, -0.05) is 48.0 Å². The van der Waals surface area contributed by atoms with Gasteiger partial charge >= 0.3 is 5.97 Å². The number of hydrogen-bond acceptors (Lipinski definition) is 4. The van der Waals surface area contributed by atoms with Gasteiger partial charge in [0, 0.05) is 5.56 Å². The molecule has 134 valence electrons. The van der Waals surface area contributed by atoms with Crippen LogP contribution in [0, 0.1) is 6.92 Å². The summed E-state index contributed by atoms with van der Waals surface area (Å²) in [6, 6.07) is 19.6. The highest BCUT2D eigenvalue weighted by Crippen LogP contribution is 2.28. The Morgan fingerprint density at radius 1 is 1.12 bits per heavy atom. The summed E-state index contributed by atoms with van der Waals surface area (Å²) < 4.78 is 21.3. The monoisotopic (exact) mass is 369 g/mol. The van der Waals surface area contributed by atoms with Gasteiger partial charge in [0.15, 0.2) is 4.90 Å². The van der Waals surface area contributed by atoms with Gasteiger partial charge in [0.25, 0.3) is 0 Å². The fourth-order valence-electron chi connectivity index (χ4n) is 2.53. The van der Waals surface area contributed by atoms with Gasteiger partial charge in [0.05, 0.1) is 17.8 Å². The number of benzene rings is 2. The first-order chi connectivity index (χ1) is 12.5. The molecule has 0 saturated heterocycles. The number of carboxylic acids is 1. The quantitative estimate of drug-likeness (QED) is 0.613. The van der Waals surface area contributed by atoms with E-state index in [2.05, 4.69) is 4.72 Å². The fourth-order valence-corrected chi connectivity index (χ4v) is 3.51. The molecule has 0 aliphatic heterocycles. The van der Waals surface area contributed by atoms with Crippen LogP contribution in [-0.2, 0) is 16.2 Å². The Labute approximate surface area is 155 Å². The average Bonchev–Trinajstić information content (AvgIpc) is 3.12. The highest BCUT2D eigenvalue weighted by molar-refractivity contribution is 7.89. The van der Waals surface area contributed by atoms with Crippen LogP contribution in [-0.4, -0.2) is 15.6 Å². The van der Waals surface area contributed by atoms with Crippen LogP contribution in [0.3, 0.4) is 0 Å². The lowest BCUT2D eigenvalue weighted by Crippen LogP contribution is -2.30. The Balaban J connectivity index is 1.81. The second-order valence-corrected chi connectivity index (χ2v) is 7.16. The molecule has 0 radical (unpaired) electrons. The van der Waals surface area contributed by atoms with Crippen molar-refractivity contribution in [3.05, 3.63) is 78.1 Å². The first kappa shape index (κ1) is 18.3. The van der Waals surface area contributed by atoms with E-state index in [4.69, 9.17) is 4.42 Å². The van der Waals surface area contributed by atoms with Crippen molar-refractivity contribution in [1.82, 2.24) is 4.72 Å². The molecular weight excluding hydrogens is 350 g/mol. The van der Waals surface area contributed by atoms with Crippen molar-refractivity contribution in [3.63, 3.8) is 0 Å². The van der Waals surface area contributed by atoms with Gasteiger partial charge in [-0.05, 0) is 31.2 Å². The van der Waals surface area contributed by atoms with Crippen molar-refractivity contribution < 1.29 is 18.9 Å². The molecule has 0 aliphatic carbocycles. The maximum Gasteiger partial charge on any atom is 0.305 e. The van der Waals surface area contributed by atoms with Crippen LogP contribution in [0.4, 0.5) is 0 Å². The van der Waals surface area contributed by atoms with Crippen LogP contribution in [0.15, 0.2) is 76.0 Å². The molecule has 0 aliphatic rings. The Kier molecular flexibility index (Phi) is 5.78. The van der Waals surface area contributed by atoms with Crippen molar-refractivity contribution >= 4 is 17.3 Å². The molecule has 6 heteroatoms. The predicted octanol–water partition coefficient (Wildman–Crippen LogP) is 4.08. The second kappa shape index (κ2) is 8.23. The Morgan fingerprint density at radius 3 is 2.46 bits per heavy atom. The molecule has 0 amide bonds. The highest BCUT2D eigenvalue weighted by atomic mass is 32.2. The number of carbonyl (C=O) groups is 1. The summed E-state index contributed by atoms with van der Waals surface area (Å²) in [5, 5.41) is 9.21. The van der Waals surface area contributed by atoms with Gasteiger partial charge in [0.1, 0.15) is 17.6 Å². The average molecular weight is 369 g/mol. The van der Waals surface area contributed by atoms with Gasteiger partial charge in [-0.15, -0.1) is 4.72 Å². The third-order valence-electron chi connectivity index (χ3n) is 3.89. The zero-order valence-corrected chi connectivity index (χ0v) is 15.0. The molecule has 2 aromatic carbocycles. The third kappa shape index (κ3) is 4.54. The van der Waals surface area contributed by atoms with E-state index in [1.54, 1.807) is 24.3 Å². The summed E-state index contributed by atoms with van der Waals surface area (Å²) in [7, 11) is 0. The minimum Gasteiger partial charge on any atom is -0.593 e. The number of hydrogen-bond donors (Lipinski definition) is 2. The molecule has 1 aromatic heterocycles. The van der Waals surface area contributed by atoms with E-state index in [0.29, 0.717) is 16.4 Å². The van der Waals surface area contributed by atoms with Gasteiger partial charge in [-0.25, -0.2) is 0 Å².